The molecule has 1 fully saturated rings. The van der Waals surface area contributed by atoms with Gasteiger partial charge in [-0.05, 0) is 37.6 Å². The predicted molar refractivity (Wildman–Crippen MR) is 120 cm³/mol. The smallest absolute Gasteiger partial charge is 0.361 e. The fourth-order valence-corrected chi connectivity index (χ4v) is 5.38. The zero-order valence-electron chi connectivity index (χ0n) is 17.7. The molecule has 1 amide bonds. The lowest BCUT2D eigenvalue weighted by Gasteiger charge is -2.33. The Kier molecular flexibility index (Phi) is 10.7. The summed E-state index contributed by atoms with van der Waals surface area (Å²) >= 11 is 11.2. The van der Waals surface area contributed by atoms with Crippen LogP contribution in [0.25, 0.3) is 0 Å². The fraction of sp³-hybridized carbons (Fsp3) is 0.474. The number of alkyl halides is 5. The molecule has 1 aliphatic heterocycles. The molecule has 1 unspecified atom stereocenters. The number of nitrogens with one attached hydrogen (secondary N) is 2. The molecule has 8 nitrogen and oxygen atoms in total. The van der Waals surface area contributed by atoms with Crippen LogP contribution in [0, 0.1) is 6.92 Å². The van der Waals surface area contributed by atoms with Gasteiger partial charge < -0.3 is 14.4 Å². The third-order valence-corrected chi connectivity index (χ3v) is 7.06. The van der Waals surface area contributed by atoms with Gasteiger partial charge in [-0.25, -0.2) is 9.76 Å². The molecule has 3 rings (SSSR count). The standard InChI is InChI=1S/C12H9F3N2O2.C7H15Cl2N2O2P/c1-7-10(6-16-19-7)11(18)17-9-4-2-8(3-5-9)12(13,14)15;8-2-5-11(6-3-9)14(12)10-4-1-7-13-14/h2-6H,1H3,(H,17,18);1-7H2,(H,10,12). The minimum Gasteiger partial charge on any atom is -0.361 e. The van der Waals surface area contributed by atoms with E-state index in [4.69, 9.17) is 32.2 Å². The van der Waals surface area contributed by atoms with Crippen LogP contribution in [0.15, 0.2) is 35.0 Å². The van der Waals surface area contributed by atoms with Crippen LogP contribution in [0.4, 0.5) is 18.9 Å². The lowest BCUT2D eigenvalue weighted by molar-refractivity contribution is -0.137. The minimum absolute atomic E-state index is 0.236. The number of hydrogen-bond donors (Lipinski definition) is 2. The molecule has 0 aliphatic carbocycles. The van der Waals surface area contributed by atoms with E-state index in [1.54, 1.807) is 11.6 Å². The first-order valence-corrected chi connectivity index (χ1v) is 12.5. The summed E-state index contributed by atoms with van der Waals surface area (Å²) in [7, 11) is -2.84. The van der Waals surface area contributed by atoms with E-state index >= 15 is 0 Å². The molecular formula is C19H24Cl2F3N4O4P. The van der Waals surface area contributed by atoms with Gasteiger partial charge >= 0.3 is 13.8 Å². The van der Waals surface area contributed by atoms with Gasteiger partial charge in [0.1, 0.15) is 11.3 Å². The van der Waals surface area contributed by atoms with Crippen molar-refractivity contribution in [1.29, 1.82) is 0 Å². The SMILES string of the molecule is Cc1oncc1C(=O)Nc1ccc(C(F)(F)F)cc1.O=P1(N(CCCl)CCCl)NCCCO1. The summed E-state index contributed by atoms with van der Waals surface area (Å²) in [6.07, 6.45) is -2.26. The number of hydrogen-bond acceptors (Lipinski definition) is 5. The molecule has 1 saturated heterocycles. The molecule has 33 heavy (non-hydrogen) atoms. The van der Waals surface area contributed by atoms with Crippen molar-refractivity contribution in [2.24, 2.45) is 0 Å². The largest absolute Gasteiger partial charge is 0.416 e. The quantitative estimate of drug-likeness (QED) is 0.378. The van der Waals surface area contributed by atoms with Crippen molar-refractivity contribution in [1.82, 2.24) is 14.9 Å². The van der Waals surface area contributed by atoms with Crippen molar-refractivity contribution < 1.29 is 31.6 Å². The van der Waals surface area contributed by atoms with Crippen molar-refractivity contribution in [3.05, 3.63) is 47.3 Å². The normalized spacial score (nSPS) is 18.5. The summed E-state index contributed by atoms with van der Waals surface area (Å²) in [5.41, 5.74) is -0.273. The second-order valence-corrected chi connectivity index (χ2v) is 9.71. The van der Waals surface area contributed by atoms with Crippen molar-refractivity contribution in [2.75, 3.05) is 43.3 Å². The first-order valence-electron chi connectivity index (χ1n) is 9.87. The van der Waals surface area contributed by atoms with E-state index in [0.717, 1.165) is 25.1 Å². The van der Waals surface area contributed by atoms with Gasteiger partial charge in [-0.3, -0.25) is 9.36 Å². The number of amides is 1. The van der Waals surface area contributed by atoms with E-state index in [0.29, 0.717) is 37.2 Å². The molecule has 2 aromatic rings. The van der Waals surface area contributed by atoms with E-state index in [1.165, 1.54) is 18.3 Å². The zero-order chi connectivity index (χ0) is 24.5. The molecule has 1 aliphatic rings. The number of carbonyl (C=O) groups is 1. The van der Waals surface area contributed by atoms with E-state index in [9.17, 15) is 22.5 Å². The molecule has 0 spiro atoms. The maximum Gasteiger partial charge on any atom is 0.416 e. The Morgan fingerprint density at radius 2 is 1.88 bits per heavy atom. The van der Waals surface area contributed by atoms with Gasteiger partial charge in [0.2, 0.25) is 0 Å². The summed E-state index contributed by atoms with van der Waals surface area (Å²) in [4.78, 5) is 11.7. The Morgan fingerprint density at radius 3 is 2.33 bits per heavy atom. The number of anilines is 1. The van der Waals surface area contributed by atoms with Gasteiger partial charge in [0, 0.05) is 37.1 Å². The van der Waals surface area contributed by atoms with Crippen LogP contribution in [-0.4, -0.2) is 53.7 Å². The molecule has 1 aromatic heterocycles. The Morgan fingerprint density at radius 1 is 1.24 bits per heavy atom. The third-order valence-electron chi connectivity index (χ3n) is 4.42. The Hall–Kier alpha value is -1.62. The zero-order valence-corrected chi connectivity index (χ0v) is 20.1. The van der Waals surface area contributed by atoms with Crippen LogP contribution in [-0.2, 0) is 15.3 Å². The van der Waals surface area contributed by atoms with Gasteiger partial charge in [-0.15, -0.1) is 23.2 Å². The Bertz CT molecular complexity index is 928. The number of rotatable bonds is 7. The number of nitrogens with zero attached hydrogens (tertiary/aromatic N) is 2. The maximum absolute atomic E-state index is 12.4. The number of benzene rings is 1. The average Bonchev–Trinajstić information content (AvgIpc) is 3.20. The van der Waals surface area contributed by atoms with Crippen LogP contribution in [0.2, 0.25) is 0 Å². The molecule has 1 atom stereocenters. The fourth-order valence-electron chi connectivity index (χ4n) is 2.74. The summed E-state index contributed by atoms with van der Waals surface area (Å²) in [5.74, 6) is 0.695. The van der Waals surface area contributed by atoms with Crippen LogP contribution < -0.4 is 10.4 Å². The lowest BCUT2D eigenvalue weighted by Crippen LogP contribution is -2.35. The number of aryl methyl sites for hydroxylation is 1. The maximum atomic E-state index is 12.4. The number of aromatic nitrogens is 1. The van der Waals surface area contributed by atoms with Gasteiger partial charge in [-0.2, -0.15) is 13.2 Å². The molecule has 0 radical (unpaired) electrons. The number of halogens is 5. The van der Waals surface area contributed by atoms with Crippen LogP contribution in [0.5, 0.6) is 0 Å². The highest BCUT2D eigenvalue weighted by atomic mass is 35.5. The summed E-state index contributed by atoms with van der Waals surface area (Å²) in [6, 6.07) is 4.17. The third kappa shape index (κ3) is 8.27. The molecule has 0 bridgehead atoms. The molecule has 2 N–H and O–H groups in total. The van der Waals surface area contributed by atoms with Gasteiger partial charge in [0.15, 0.2) is 0 Å². The highest BCUT2D eigenvalue weighted by molar-refractivity contribution is 7.54. The van der Waals surface area contributed by atoms with Crippen molar-refractivity contribution >= 4 is 42.5 Å². The highest BCUT2D eigenvalue weighted by Crippen LogP contribution is 2.48. The van der Waals surface area contributed by atoms with Gasteiger partial charge in [0.25, 0.3) is 5.91 Å². The van der Waals surface area contributed by atoms with Crippen molar-refractivity contribution in [3.8, 4) is 0 Å². The monoisotopic (exact) mass is 530 g/mol. The Labute approximate surface area is 199 Å². The van der Waals surface area contributed by atoms with E-state index in [1.807, 2.05) is 0 Å². The van der Waals surface area contributed by atoms with Crippen LogP contribution in [0.1, 0.15) is 28.1 Å². The summed E-state index contributed by atoms with van der Waals surface area (Å²) in [5, 5.41) is 8.81. The number of carbonyl (C=O) groups excluding carboxylic acids is 1. The average molecular weight is 531 g/mol. The van der Waals surface area contributed by atoms with Gasteiger partial charge in [-0.1, -0.05) is 5.16 Å². The minimum atomic E-state index is -4.40. The second-order valence-electron chi connectivity index (χ2n) is 6.77. The molecule has 1 aromatic carbocycles. The molecule has 2 heterocycles. The molecule has 184 valence electrons. The van der Waals surface area contributed by atoms with E-state index < -0.39 is 25.3 Å². The van der Waals surface area contributed by atoms with Crippen molar-refractivity contribution in [3.63, 3.8) is 0 Å². The first kappa shape index (κ1) is 27.6. The van der Waals surface area contributed by atoms with Crippen LogP contribution >= 0.6 is 30.9 Å². The van der Waals surface area contributed by atoms with E-state index in [2.05, 4.69) is 15.6 Å². The van der Waals surface area contributed by atoms with E-state index in [-0.39, 0.29) is 11.3 Å². The highest BCUT2D eigenvalue weighted by Gasteiger charge is 2.33. The lowest BCUT2D eigenvalue weighted by atomic mass is 10.2. The summed E-state index contributed by atoms with van der Waals surface area (Å²) in [6.45, 7) is 3.87. The topological polar surface area (TPSA) is 96.7 Å². The Balaban J connectivity index is 0.000000245. The molecule has 14 heteroatoms. The van der Waals surface area contributed by atoms with Crippen LogP contribution in [0.3, 0.4) is 0 Å². The van der Waals surface area contributed by atoms with Gasteiger partial charge in [0.05, 0.1) is 18.4 Å². The summed E-state index contributed by atoms with van der Waals surface area (Å²) < 4.78 is 61.0. The first-order chi connectivity index (χ1) is 15.6. The predicted octanol–water partition coefficient (Wildman–Crippen LogP) is 5.14. The van der Waals surface area contributed by atoms with Crippen molar-refractivity contribution in [2.45, 2.75) is 19.5 Å². The molecular weight excluding hydrogens is 507 g/mol. The second kappa shape index (κ2) is 12.7. The molecule has 0 saturated carbocycles.